The number of hydrogen-bond donors (Lipinski definition) is 1. The molecule has 0 saturated heterocycles. The molecule has 3 rings (SSSR count). The highest BCUT2D eigenvalue weighted by Gasteiger charge is 2.13. The number of nitrogens with zero attached hydrogens (tertiary/aromatic N) is 3. The van der Waals surface area contributed by atoms with E-state index in [4.69, 9.17) is 4.42 Å². The number of fused-ring (bicyclic) bond motifs is 1. The number of para-hydroxylation sites is 2. The molecule has 0 saturated carbocycles. The van der Waals surface area contributed by atoms with Gasteiger partial charge in [-0.15, -0.1) is 0 Å². The van der Waals surface area contributed by atoms with Crippen molar-refractivity contribution in [3.8, 4) is 0 Å². The number of aromatic nitrogens is 3. The summed E-state index contributed by atoms with van der Waals surface area (Å²) in [4.78, 5) is 29.1. The second-order valence-electron chi connectivity index (χ2n) is 6.35. The van der Waals surface area contributed by atoms with Crippen LogP contribution in [0.3, 0.4) is 0 Å². The van der Waals surface area contributed by atoms with Crippen molar-refractivity contribution < 1.29 is 9.21 Å². The van der Waals surface area contributed by atoms with Crippen LogP contribution in [0.4, 0.5) is 0 Å². The smallest absolute Gasteiger partial charge is 0.329 e. The zero-order valence-electron chi connectivity index (χ0n) is 15.4. The molecule has 0 atom stereocenters. The van der Waals surface area contributed by atoms with Crippen LogP contribution in [0.2, 0.25) is 0 Å². The number of imidazole rings is 1. The molecule has 0 aliphatic carbocycles. The summed E-state index contributed by atoms with van der Waals surface area (Å²) in [6.45, 7) is 7.00. The van der Waals surface area contributed by atoms with Gasteiger partial charge >= 0.3 is 5.69 Å². The quantitative estimate of drug-likeness (QED) is 0.705. The number of aryl methyl sites for hydroxylation is 4. The summed E-state index contributed by atoms with van der Waals surface area (Å²) in [6.07, 6.45) is 1.10. The zero-order valence-corrected chi connectivity index (χ0v) is 15.4. The summed E-state index contributed by atoms with van der Waals surface area (Å²) in [6, 6.07) is 7.68. The highest BCUT2D eigenvalue weighted by atomic mass is 16.4. The molecule has 26 heavy (non-hydrogen) atoms. The van der Waals surface area contributed by atoms with E-state index in [0.29, 0.717) is 19.0 Å². The molecular weight excluding hydrogens is 332 g/mol. The van der Waals surface area contributed by atoms with E-state index < -0.39 is 0 Å². The van der Waals surface area contributed by atoms with Gasteiger partial charge in [0.2, 0.25) is 11.8 Å². The van der Waals surface area contributed by atoms with Gasteiger partial charge in [-0.25, -0.2) is 9.78 Å². The van der Waals surface area contributed by atoms with E-state index in [9.17, 15) is 9.59 Å². The minimum absolute atomic E-state index is 0.0696. The Morgan fingerprint density at radius 2 is 1.81 bits per heavy atom. The normalized spacial score (nSPS) is 11.2. The number of hydrogen-bond acceptors (Lipinski definition) is 4. The maximum Gasteiger partial charge on any atom is 0.329 e. The third-order valence-corrected chi connectivity index (χ3v) is 4.44. The third-order valence-electron chi connectivity index (χ3n) is 4.44. The molecule has 138 valence electrons. The summed E-state index contributed by atoms with van der Waals surface area (Å²) >= 11 is 0. The van der Waals surface area contributed by atoms with Gasteiger partial charge in [-0.2, -0.15) is 0 Å². The number of amides is 1. The summed E-state index contributed by atoms with van der Waals surface area (Å²) in [5.41, 5.74) is 2.52. The van der Waals surface area contributed by atoms with Crippen molar-refractivity contribution in [1.82, 2.24) is 19.4 Å². The maximum atomic E-state index is 12.7. The van der Waals surface area contributed by atoms with Crippen molar-refractivity contribution in [2.75, 3.05) is 0 Å². The van der Waals surface area contributed by atoms with Crippen molar-refractivity contribution in [2.45, 2.75) is 53.2 Å². The Hall–Kier alpha value is -2.83. The van der Waals surface area contributed by atoms with Gasteiger partial charge in [0.1, 0.15) is 5.76 Å². The van der Waals surface area contributed by atoms with Crippen LogP contribution >= 0.6 is 0 Å². The van der Waals surface area contributed by atoms with E-state index in [2.05, 4.69) is 10.3 Å². The Kier molecular flexibility index (Phi) is 5.25. The summed E-state index contributed by atoms with van der Waals surface area (Å²) in [5, 5.41) is 2.79. The molecule has 0 aliphatic rings. The van der Waals surface area contributed by atoms with E-state index in [1.54, 1.807) is 9.13 Å². The molecule has 2 aromatic heterocycles. The zero-order chi connectivity index (χ0) is 18.7. The molecule has 0 aliphatic heterocycles. The first kappa shape index (κ1) is 18.0. The number of oxazole rings is 1. The number of nitrogens with one attached hydrogen (secondary N) is 1. The highest BCUT2D eigenvalue weighted by molar-refractivity contribution is 5.77. The minimum atomic E-state index is -0.141. The average Bonchev–Trinajstić information content (AvgIpc) is 3.09. The number of carbonyl (C=O) groups excluding carboxylic acids is 1. The number of rotatable bonds is 7. The van der Waals surface area contributed by atoms with Crippen LogP contribution in [0.15, 0.2) is 33.5 Å². The van der Waals surface area contributed by atoms with Crippen molar-refractivity contribution in [3.63, 3.8) is 0 Å². The number of carbonyl (C=O) groups is 1. The lowest BCUT2D eigenvalue weighted by Gasteiger charge is -2.04. The van der Waals surface area contributed by atoms with Gasteiger partial charge < -0.3 is 9.73 Å². The fourth-order valence-corrected chi connectivity index (χ4v) is 3.02. The van der Waals surface area contributed by atoms with Gasteiger partial charge in [-0.1, -0.05) is 19.1 Å². The molecule has 1 amide bonds. The SMILES string of the molecule is CCCn1c(=O)n(CCC(=O)NCc2nc(C)c(C)o2)c2ccccc21. The van der Waals surface area contributed by atoms with Crippen LogP contribution in [0.1, 0.15) is 37.1 Å². The van der Waals surface area contributed by atoms with Crippen molar-refractivity contribution >= 4 is 16.9 Å². The minimum Gasteiger partial charge on any atom is -0.444 e. The predicted molar refractivity (Wildman–Crippen MR) is 98.9 cm³/mol. The van der Waals surface area contributed by atoms with E-state index in [0.717, 1.165) is 28.9 Å². The lowest BCUT2D eigenvalue weighted by molar-refractivity contribution is -0.121. The van der Waals surface area contributed by atoms with E-state index in [1.807, 2.05) is 45.0 Å². The molecule has 3 aromatic rings. The fraction of sp³-hybridized carbons (Fsp3) is 0.421. The summed E-state index contributed by atoms with van der Waals surface area (Å²) in [5.74, 6) is 1.10. The molecule has 0 fully saturated rings. The van der Waals surface area contributed by atoms with Crippen LogP contribution in [0.25, 0.3) is 11.0 Å². The molecule has 0 spiro atoms. The fourth-order valence-electron chi connectivity index (χ4n) is 3.02. The molecule has 1 aromatic carbocycles. The van der Waals surface area contributed by atoms with Gasteiger partial charge in [-0.3, -0.25) is 13.9 Å². The van der Waals surface area contributed by atoms with Crippen LogP contribution in [0.5, 0.6) is 0 Å². The first-order valence-corrected chi connectivity index (χ1v) is 8.89. The molecular formula is C19H24N4O3. The Morgan fingerprint density at radius 3 is 2.38 bits per heavy atom. The Labute approximate surface area is 151 Å². The standard InChI is InChI=1S/C19H24N4O3/c1-4-10-22-15-7-5-6-8-16(15)23(19(22)25)11-9-17(24)20-12-18-21-13(2)14(3)26-18/h5-8H,4,9-12H2,1-3H3,(H,20,24). The third kappa shape index (κ3) is 3.56. The van der Waals surface area contributed by atoms with Crippen molar-refractivity contribution in [1.29, 1.82) is 0 Å². The van der Waals surface area contributed by atoms with Gasteiger partial charge in [0.05, 0.1) is 23.3 Å². The predicted octanol–water partition coefficient (Wildman–Crippen LogP) is 2.52. The molecule has 1 N–H and O–H groups in total. The topological polar surface area (TPSA) is 82.1 Å². The largest absolute Gasteiger partial charge is 0.444 e. The van der Waals surface area contributed by atoms with Crippen LogP contribution in [-0.4, -0.2) is 20.0 Å². The van der Waals surface area contributed by atoms with Crippen molar-refractivity contribution in [2.24, 2.45) is 0 Å². The second kappa shape index (κ2) is 7.59. The summed E-state index contributed by atoms with van der Waals surface area (Å²) in [7, 11) is 0. The molecule has 7 nitrogen and oxygen atoms in total. The lowest BCUT2D eigenvalue weighted by atomic mass is 10.3. The first-order chi connectivity index (χ1) is 12.5. The highest BCUT2D eigenvalue weighted by Crippen LogP contribution is 2.13. The Balaban J connectivity index is 1.68. The van der Waals surface area contributed by atoms with Crippen LogP contribution < -0.4 is 11.0 Å². The van der Waals surface area contributed by atoms with Gasteiger partial charge in [0.15, 0.2) is 0 Å². The average molecular weight is 356 g/mol. The van der Waals surface area contributed by atoms with Crippen molar-refractivity contribution in [3.05, 3.63) is 52.1 Å². The molecule has 0 radical (unpaired) electrons. The number of benzene rings is 1. The first-order valence-electron chi connectivity index (χ1n) is 8.89. The van der Waals surface area contributed by atoms with Crippen LogP contribution in [-0.2, 0) is 24.4 Å². The maximum absolute atomic E-state index is 12.7. The van der Waals surface area contributed by atoms with Gasteiger partial charge in [-0.05, 0) is 32.4 Å². The monoisotopic (exact) mass is 356 g/mol. The molecule has 2 heterocycles. The van der Waals surface area contributed by atoms with E-state index in [1.165, 1.54) is 0 Å². The summed E-state index contributed by atoms with van der Waals surface area (Å²) < 4.78 is 8.89. The van der Waals surface area contributed by atoms with Crippen LogP contribution in [0, 0.1) is 13.8 Å². The molecule has 0 bridgehead atoms. The van der Waals surface area contributed by atoms with E-state index >= 15 is 0 Å². The van der Waals surface area contributed by atoms with E-state index in [-0.39, 0.29) is 24.6 Å². The van der Waals surface area contributed by atoms with Gasteiger partial charge in [0.25, 0.3) is 0 Å². The van der Waals surface area contributed by atoms with Gasteiger partial charge in [0, 0.05) is 19.5 Å². The Bertz CT molecular complexity index is 961. The Morgan fingerprint density at radius 1 is 1.15 bits per heavy atom. The second-order valence-corrected chi connectivity index (χ2v) is 6.35. The molecule has 7 heteroatoms. The lowest BCUT2D eigenvalue weighted by Crippen LogP contribution is -2.28. The molecule has 0 unspecified atom stereocenters.